The second-order valence-corrected chi connectivity index (χ2v) is 5.94. The van der Waals surface area contributed by atoms with Gasteiger partial charge in [-0.25, -0.2) is 9.37 Å². The average molecular weight is 364 g/mol. The Kier molecular flexibility index (Phi) is 5.22. The molecule has 130 valence electrons. The van der Waals surface area contributed by atoms with E-state index < -0.39 is 34.1 Å². The number of aromatic nitrogens is 1. The number of ether oxygens (including phenoxy) is 2. The van der Waals surface area contributed by atoms with Crippen LogP contribution in [0, 0.1) is 5.82 Å². The molecule has 0 bridgehead atoms. The predicted octanol–water partition coefficient (Wildman–Crippen LogP) is 5.13. The van der Waals surface area contributed by atoms with Crippen LogP contribution in [-0.2, 0) is 6.18 Å². The van der Waals surface area contributed by atoms with Crippen molar-refractivity contribution in [2.45, 2.75) is 25.6 Å². The van der Waals surface area contributed by atoms with Gasteiger partial charge in [-0.1, -0.05) is 11.6 Å². The number of hydrogen-bond acceptors (Lipinski definition) is 3. The van der Waals surface area contributed by atoms with Crippen molar-refractivity contribution in [2.24, 2.45) is 0 Å². The van der Waals surface area contributed by atoms with Gasteiger partial charge in [0.2, 0.25) is 0 Å². The molecular weight excluding hydrogens is 350 g/mol. The molecule has 2 rings (SSSR count). The summed E-state index contributed by atoms with van der Waals surface area (Å²) in [6, 6.07) is 6.36. The van der Waals surface area contributed by atoms with Crippen LogP contribution in [0.15, 0.2) is 36.5 Å². The van der Waals surface area contributed by atoms with Gasteiger partial charge in [0.15, 0.2) is 0 Å². The van der Waals surface area contributed by atoms with E-state index in [4.69, 9.17) is 21.1 Å². The van der Waals surface area contributed by atoms with E-state index >= 15 is 0 Å². The van der Waals surface area contributed by atoms with E-state index in [1.165, 1.54) is 24.3 Å². The van der Waals surface area contributed by atoms with Crippen LogP contribution >= 0.6 is 11.6 Å². The summed E-state index contributed by atoms with van der Waals surface area (Å²) in [6.45, 7) is 3.08. The summed E-state index contributed by atoms with van der Waals surface area (Å²) in [5.74, 6) is -0.482. The highest BCUT2D eigenvalue weighted by atomic mass is 35.5. The molecule has 1 aromatic heterocycles. The van der Waals surface area contributed by atoms with Gasteiger partial charge < -0.3 is 9.47 Å². The van der Waals surface area contributed by atoms with Crippen molar-refractivity contribution in [3.05, 3.63) is 53.1 Å². The summed E-state index contributed by atoms with van der Waals surface area (Å²) in [7, 11) is 0. The largest absolute Gasteiger partial charge is 0.489 e. The maximum absolute atomic E-state index is 13.0. The number of hydrogen-bond donors (Lipinski definition) is 0. The number of rotatable bonds is 5. The zero-order valence-electron chi connectivity index (χ0n) is 12.8. The summed E-state index contributed by atoms with van der Waals surface area (Å²) in [6.07, 6.45) is -3.57. The van der Waals surface area contributed by atoms with Crippen molar-refractivity contribution in [1.29, 1.82) is 0 Å². The molecule has 0 unspecified atom stereocenters. The van der Waals surface area contributed by atoms with Gasteiger partial charge in [0.1, 0.15) is 40.2 Å². The third kappa shape index (κ3) is 4.74. The quantitative estimate of drug-likeness (QED) is 0.545. The highest BCUT2D eigenvalue weighted by Crippen LogP contribution is 2.40. The summed E-state index contributed by atoms with van der Waals surface area (Å²) >= 11 is 5.53. The fourth-order valence-corrected chi connectivity index (χ4v) is 2.16. The summed E-state index contributed by atoms with van der Waals surface area (Å²) in [5, 5.41) is -0.683. The van der Waals surface area contributed by atoms with Gasteiger partial charge in [0.25, 0.3) is 0 Å². The van der Waals surface area contributed by atoms with E-state index in [1.807, 2.05) is 0 Å². The van der Waals surface area contributed by atoms with Crippen LogP contribution in [0.4, 0.5) is 17.6 Å². The fourth-order valence-electron chi connectivity index (χ4n) is 1.90. The molecule has 0 saturated carbocycles. The smallest absolute Gasteiger partial charge is 0.422 e. The zero-order chi connectivity index (χ0) is 18.0. The number of benzene rings is 1. The van der Waals surface area contributed by atoms with E-state index in [2.05, 4.69) is 4.98 Å². The van der Waals surface area contributed by atoms with Crippen LogP contribution in [0.5, 0.6) is 11.5 Å². The molecule has 0 amide bonds. The Hall–Kier alpha value is -2.02. The molecule has 3 nitrogen and oxygen atoms in total. The average Bonchev–Trinajstić information content (AvgIpc) is 2.46. The minimum atomic E-state index is -4.69. The Labute approximate surface area is 141 Å². The van der Waals surface area contributed by atoms with E-state index in [0.717, 1.165) is 12.3 Å². The maximum atomic E-state index is 13.0. The second kappa shape index (κ2) is 6.84. The van der Waals surface area contributed by atoms with Crippen molar-refractivity contribution in [3.63, 3.8) is 0 Å². The van der Waals surface area contributed by atoms with Crippen LogP contribution in [-0.4, -0.2) is 17.2 Å². The van der Waals surface area contributed by atoms with E-state index in [1.54, 1.807) is 13.8 Å². The highest BCUT2D eigenvalue weighted by molar-refractivity contribution is 6.30. The van der Waals surface area contributed by atoms with Crippen molar-refractivity contribution >= 4 is 11.6 Å². The zero-order valence-corrected chi connectivity index (χ0v) is 13.6. The van der Waals surface area contributed by atoms with E-state index in [-0.39, 0.29) is 6.61 Å². The second-order valence-electron chi connectivity index (χ2n) is 5.58. The molecule has 0 aliphatic rings. The minimum absolute atomic E-state index is 0.187. The molecule has 1 heterocycles. The molecule has 0 atom stereocenters. The number of alkyl halides is 3. The van der Waals surface area contributed by atoms with E-state index in [9.17, 15) is 17.6 Å². The number of pyridine rings is 1. The third-order valence-corrected chi connectivity index (χ3v) is 3.22. The topological polar surface area (TPSA) is 31.4 Å². The SMILES string of the molecule is CC(C)(COc1ccnc(Cl)c1C(F)(F)F)Oc1ccc(F)cc1. The van der Waals surface area contributed by atoms with Crippen molar-refractivity contribution in [1.82, 2.24) is 4.98 Å². The van der Waals surface area contributed by atoms with Gasteiger partial charge in [-0.05, 0) is 44.2 Å². The first-order valence-corrected chi connectivity index (χ1v) is 7.25. The molecule has 1 aromatic carbocycles. The van der Waals surface area contributed by atoms with Crippen LogP contribution in [0.1, 0.15) is 19.4 Å². The van der Waals surface area contributed by atoms with Crippen molar-refractivity contribution in [3.8, 4) is 11.5 Å². The molecule has 8 heteroatoms. The van der Waals surface area contributed by atoms with Gasteiger partial charge >= 0.3 is 6.18 Å². The first kappa shape index (κ1) is 18.3. The molecule has 0 aliphatic carbocycles. The Balaban J connectivity index is 2.12. The van der Waals surface area contributed by atoms with Crippen LogP contribution in [0.2, 0.25) is 5.15 Å². The Morgan fingerprint density at radius 2 is 1.71 bits per heavy atom. The molecule has 0 N–H and O–H groups in total. The molecule has 0 saturated heterocycles. The Morgan fingerprint density at radius 3 is 2.29 bits per heavy atom. The van der Waals surface area contributed by atoms with Crippen molar-refractivity contribution in [2.75, 3.05) is 6.61 Å². The Bertz CT molecular complexity index is 702. The first-order chi connectivity index (χ1) is 11.1. The van der Waals surface area contributed by atoms with Gasteiger partial charge in [-0.15, -0.1) is 0 Å². The van der Waals surface area contributed by atoms with Gasteiger partial charge in [-0.3, -0.25) is 0 Å². The normalized spacial score (nSPS) is 12.1. The molecule has 2 aromatic rings. The third-order valence-electron chi connectivity index (χ3n) is 2.93. The standard InChI is InChI=1S/C16H14ClF4NO2/c1-15(2,24-11-5-3-10(18)4-6-11)9-23-12-7-8-22-14(17)13(12)16(19,20)21/h3-8H,9H2,1-2H3. The van der Waals surface area contributed by atoms with Crippen molar-refractivity contribution < 1.29 is 27.0 Å². The lowest BCUT2D eigenvalue weighted by atomic mass is 10.1. The van der Waals surface area contributed by atoms with Crippen LogP contribution in [0.25, 0.3) is 0 Å². The summed E-state index contributed by atoms with van der Waals surface area (Å²) < 4.78 is 62.9. The molecule has 0 spiro atoms. The van der Waals surface area contributed by atoms with Gasteiger partial charge in [-0.2, -0.15) is 13.2 Å². The lowest BCUT2D eigenvalue weighted by molar-refractivity contribution is -0.139. The summed E-state index contributed by atoms with van der Waals surface area (Å²) in [5.41, 5.74) is -2.10. The maximum Gasteiger partial charge on any atom is 0.422 e. The Morgan fingerprint density at radius 1 is 1.08 bits per heavy atom. The minimum Gasteiger partial charge on any atom is -0.489 e. The highest BCUT2D eigenvalue weighted by Gasteiger charge is 2.38. The lowest BCUT2D eigenvalue weighted by Crippen LogP contribution is -2.35. The first-order valence-electron chi connectivity index (χ1n) is 6.87. The van der Waals surface area contributed by atoms with E-state index in [0.29, 0.717) is 5.75 Å². The fraction of sp³-hybridized carbons (Fsp3) is 0.312. The molecule has 0 radical (unpaired) electrons. The molecule has 24 heavy (non-hydrogen) atoms. The number of nitrogens with zero attached hydrogens (tertiary/aromatic N) is 1. The monoisotopic (exact) mass is 363 g/mol. The summed E-state index contributed by atoms with van der Waals surface area (Å²) in [4.78, 5) is 3.43. The van der Waals surface area contributed by atoms with Crippen LogP contribution < -0.4 is 9.47 Å². The van der Waals surface area contributed by atoms with Gasteiger partial charge in [0.05, 0.1) is 0 Å². The van der Waals surface area contributed by atoms with Gasteiger partial charge in [0, 0.05) is 6.20 Å². The molecular formula is C16H14ClF4NO2. The lowest BCUT2D eigenvalue weighted by Gasteiger charge is -2.27. The molecule has 0 aliphatic heterocycles. The molecule has 0 fully saturated rings. The predicted molar refractivity (Wildman–Crippen MR) is 80.9 cm³/mol. The number of halogens is 5. The van der Waals surface area contributed by atoms with Crippen LogP contribution in [0.3, 0.4) is 0 Å².